The number of nitrogens with one attached hydrogen (secondary N) is 1. The highest BCUT2D eigenvalue weighted by atomic mass is 19.4. The molecule has 0 saturated carbocycles. The molecule has 10 heteroatoms. The molecule has 0 aromatic heterocycles. The molecule has 2 aromatic carbocycles. The number of alkyl halides is 6. The van der Waals surface area contributed by atoms with Gasteiger partial charge >= 0.3 is 18.4 Å². The van der Waals surface area contributed by atoms with Crippen LogP contribution in [0.2, 0.25) is 0 Å². The Morgan fingerprint density at radius 1 is 1.06 bits per heavy atom. The van der Waals surface area contributed by atoms with E-state index in [1.807, 2.05) is 38.1 Å². The molecule has 1 fully saturated rings. The largest absolute Gasteiger partial charge is 0.416 e. The maximum atomic E-state index is 13.3. The summed E-state index contributed by atoms with van der Waals surface area (Å²) in [5.41, 5.74) is -1.00. The number of amides is 2. The predicted octanol–water partition coefficient (Wildman–Crippen LogP) is 6.05. The summed E-state index contributed by atoms with van der Waals surface area (Å²) in [4.78, 5) is 16.1. The van der Waals surface area contributed by atoms with Crippen LogP contribution in [0.3, 0.4) is 0 Å². The molecule has 34 heavy (non-hydrogen) atoms. The van der Waals surface area contributed by atoms with Crippen molar-refractivity contribution in [3.8, 4) is 0 Å². The van der Waals surface area contributed by atoms with Crippen molar-refractivity contribution < 1.29 is 31.1 Å². The lowest BCUT2D eigenvalue weighted by Crippen LogP contribution is -2.52. The minimum absolute atomic E-state index is 0.0838. The summed E-state index contributed by atoms with van der Waals surface area (Å²) in [5.74, 6) is 0.207. The average Bonchev–Trinajstić information content (AvgIpc) is 2.77. The first-order valence-electron chi connectivity index (χ1n) is 10.9. The van der Waals surface area contributed by atoms with Crippen molar-refractivity contribution in [2.75, 3.05) is 26.7 Å². The predicted molar refractivity (Wildman–Crippen MR) is 116 cm³/mol. The van der Waals surface area contributed by atoms with Crippen LogP contribution in [0.25, 0.3) is 0 Å². The molecule has 1 aliphatic rings. The standard InChI is InChI=1S/C24H27F6N3O/c1-15(2)19-6-4-5-7-20(19)21-13-31-8-9-33(21)22(34)32(3)14-16-10-17(23(25,26)27)12-18(11-16)24(28,29)30/h4-7,10-12,15,21,31H,8-9,13-14H2,1-3H3. The van der Waals surface area contributed by atoms with Crippen molar-refractivity contribution in [2.45, 2.75) is 44.7 Å². The number of halogens is 6. The van der Waals surface area contributed by atoms with Crippen LogP contribution in [-0.4, -0.2) is 42.5 Å². The maximum absolute atomic E-state index is 13.3. The molecule has 1 atom stereocenters. The Bertz CT molecular complexity index is 986. The zero-order valence-electron chi connectivity index (χ0n) is 19.1. The van der Waals surface area contributed by atoms with E-state index in [9.17, 15) is 31.1 Å². The summed E-state index contributed by atoms with van der Waals surface area (Å²) in [6.07, 6.45) is -9.88. The number of hydrogen-bond acceptors (Lipinski definition) is 2. The lowest BCUT2D eigenvalue weighted by Gasteiger charge is -2.39. The van der Waals surface area contributed by atoms with Crippen molar-refractivity contribution in [3.63, 3.8) is 0 Å². The highest BCUT2D eigenvalue weighted by Gasteiger charge is 2.37. The van der Waals surface area contributed by atoms with Crippen LogP contribution in [0.5, 0.6) is 0 Å². The minimum atomic E-state index is -4.94. The van der Waals surface area contributed by atoms with E-state index in [-0.39, 0.29) is 23.6 Å². The first-order chi connectivity index (χ1) is 15.8. The molecule has 1 unspecified atom stereocenters. The van der Waals surface area contributed by atoms with Gasteiger partial charge in [0.15, 0.2) is 0 Å². The number of urea groups is 1. The molecule has 1 aliphatic heterocycles. The SMILES string of the molecule is CC(C)c1ccccc1C1CNCCN1C(=O)N(C)Cc1cc(C(F)(F)F)cc(C(F)(F)F)c1. The Labute approximate surface area is 194 Å². The molecule has 2 aromatic rings. The van der Waals surface area contributed by atoms with E-state index >= 15 is 0 Å². The van der Waals surface area contributed by atoms with Gasteiger partial charge in [-0.05, 0) is 40.8 Å². The van der Waals surface area contributed by atoms with Gasteiger partial charge in [-0.15, -0.1) is 0 Å². The molecular formula is C24H27F6N3O. The third kappa shape index (κ3) is 5.84. The second-order valence-electron chi connectivity index (χ2n) is 8.75. The molecule has 186 valence electrons. The highest BCUT2D eigenvalue weighted by molar-refractivity contribution is 5.75. The quantitative estimate of drug-likeness (QED) is 0.534. The lowest BCUT2D eigenvalue weighted by molar-refractivity contribution is -0.143. The van der Waals surface area contributed by atoms with Crippen molar-refractivity contribution in [3.05, 3.63) is 70.3 Å². The lowest BCUT2D eigenvalue weighted by atomic mass is 9.91. The molecule has 0 aliphatic carbocycles. The van der Waals surface area contributed by atoms with Gasteiger partial charge in [-0.1, -0.05) is 38.1 Å². The number of benzene rings is 2. The molecule has 2 amide bonds. The number of carbonyl (C=O) groups excluding carboxylic acids is 1. The average molecular weight is 487 g/mol. The molecule has 1 N–H and O–H groups in total. The third-order valence-electron chi connectivity index (χ3n) is 5.86. The van der Waals surface area contributed by atoms with Crippen molar-refractivity contribution in [1.29, 1.82) is 0 Å². The second kappa shape index (κ2) is 9.85. The summed E-state index contributed by atoms with van der Waals surface area (Å²) in [5, 5.41) is 3.26. The Kier molecular flexibility index (Phi) is 7.50. The summed E-state index contributed by atoms with van der Waals surface area (Å²) < 4.78 is 79.2. The van der Waals surface area contributed by atoms with E-state index in [1.54, 1.807) is 4.90 Å². The fraction of sp³-hybridized carbons (Fsp3) is 0.458. The molecule has 0 radical (unpaired) electrons. The first kappa shape index (κ1) is 25.9. The van der Waals surface area contributed by atoms with E-state index in [0.29, 0.717) is 31.8 Å². The van der Waals surface area contributed by atoms with E-state index in [2.05, 4.69) is 5.32 Å². The fourth-order valence-electron chi connectivity index (χ4n) is 4.22. The molecule has 3 rings (SSSR count). The molecule has 4 nitrogen and oxygen atoms in total. The summed E-state index contributed by atoms with van der Waals surface area (Å²) in [6, 6.07) is 8.34. The summed E-state index contributed by atoms with van der Waals surface area (Å²) in [7, 11) is 1.38. The zero-order valence-corrected chi connectivity index (χ0v) is 19.1. The van der Waals surface area contributed by atoms with Gasteiger partial charge in [0.25, 0.3) is 0 Å². The van der Waals surface area contributed by atoms with Crippen LogP contribution in [0.15, 0.2) is 42.5 Å². The molecule has 1 saturated heterocycles. The van der Waals surface area contributed by atoms with Gasteiger partial charge in [0.1, 0.15) is 0 Å². The summed E-state index contributed by atoms with van der Waals surface area (Å²) in [6.45, 7) is 5.07. The highest BCUT2D eigenvalue weighted by Crippen LogP contribution is 2.37. The molecule has 0 bridgehead atoms. The maximum Gasteiger partial charge on any atom is 0.416 e. The number of rotatable bonds is 4. The van der Waals surface area contributed by atoms with Gasteiger partial charge in [-0.25, -0.2) is 4.79 Å². The topological polar surface area (TPSA) is 35.6 Å². The van der Waals surface area contributed by atoms with Crippen molar-refractivity contribution in [2.24, 2.45) is 0 Å². The van der Waals surface area contributed by atoms with Crippen LogP contribution >= 0.6 is 0 Å². The van der Waals surface area contributed by atoms with Crippen LogP contribution in [0.4, 0.5) is 31.1 Å². The minimum Gasteiger partial charge on any atom is -0.323 e. The van der Waals surface area contributed by atoms with Gasteiger partial charge in [0.05, 0.1) is 17.2 Å². The summed E-state index contributed by atoms with van der Waals surface area (Å²) >= 11 is 0. The van der Waals surface area contributed by atoms with Crippen molar-refractivity contribution >= 4 is 6.03 Å². The van der Waals surface area contributed by atoms with E-state index in [1.165, 1.54) is 7.05 Å². The molecule has 0 spiro atoms. The van der Waals surface area contributed by atoms with Crippen molar-refractivity contribution in [1.82, 2.24) is 15.1 Å². The van der Waals surface area contributed by atoms with Gasteiger partial charge < -0.3 is 15.1 Å². The number of nitrogens with zero attached hydrogens (tertiary/aromatic N) is 2. The van der Waals surface area contributed by atoms with E-state index in [4.69, 9.17) is 0 Å². The van der Waals surface area contributed by atoms with E-state index < -0.39 is 36.1 Å². The fourth-order valence-corrected chi connectivity index (χ4v) is 4.22. The number of carbonyl (C=O) groups is 1. The Morgan fingerprint density at radius 2 is 1.65 bits per heavy atom. The molecular weight excluding hydrogens is 460 g/mol. The van der Waals surface area contributed by atoms with Gasteiger partial charge in [-0.3, -0.25) is 0 Å². The number of piperazine rings is 1. The number of hydrogen-bond donors (Lipinski definition) is 1. The molecule has 1 heterocycles. The van der Waals surface area contributed by atoms with Crippen LogP contribution in [0.1, 0.15) is 53.6 Å². The Morgan fingerprint density at radius 3 is 2.21 bits per heavy atom. The normalized spacial score (nSPS) is 17.2. The Hall–Kier alpha value is -2.75. The van der Waals surface area contributed by atoms with Crippen LogP contribution in [-0.2, 0) is 18.9 Å². The van der Waals surface area contributed by atoms with E-state index in [0.717, 1.165) is 16.0 Å². The Balaban J connectivity index is 1.89. The van der Waals surface area contributed by atoms with Gasteiger partial charge in [-0.2, -0.15) is 26.3 Å². The van der Waals surface area contributed by atoms with Gasteiger partial charge in [0.2, 0.25) is 0 Å². The first-order valence-corrected chi connectivity index (χ1v) is 10.9. The monoisotopic (exact) mass is 487 g/mol. The van der Waals surface area contributed by atoms with Crippen LogP contribution in [0, 0.1) is 0 Å². The zero-order chi connectivity index (χ0) is 25.3. The third-order valence-corrected chi connectivity index (χ3v) is 5.86. The smallest absolute Gasteiger partial charge is 0.323 e. The van der Waals surface area contributed by atoms with Crippen LogP contribution < -0.4 is 5.32 Å². The second-order valence-corrected chi connectivity index (χ2v) is 8.75. The van der Waals surface area contributed by atoms with Gasteiger partial charge in [0, 0.05) is 33.2 Å².